The molecular formula is C15H13N3. The van der Waals surface area contributed by atoms with Gasteiger partial charge in [-0.05, 0) is 22.8 Å². The number of benzene rings is 1. The van der Waals surface area contributed by atoms with Crippen LogP contribution in [0.25, 0.3) is 11.1 Å². The summed E-state index contributed by atoms with van der Waals surface area (Å²) in [7, 11) is 0. The lowest BCUT2D eigenvalue weighted by atomic mass is 10.0. The zero-order valence-corrected chi connectivity index (χ0v) is 9.88. The van der Waals surface area contributed by atoms with Gasteiger partial charge in [-0.15, -0.1) is 0 Å². The number of aromatic amines is 1. The molecule has 0 bridgehead atoms. The first kappa shape index (κ1) is 10.7. The van der Waals surface area contributed by atoms with Crippen LogP contribution in [0.1, 0.15) is 11.4 Å². The third-order valence-electron chi connectivity index (χ3n) is 2.85. The van der Waals surface area contributed by atoms with E-state index in [-0.39, 0.29) is 0 Å². The molecule has 3 nitrogen and oxygen atoms in total. The summed E-state index contributed by atoms with van der Waals surface area (Å²) in [5, 5.41) is 0. The van der Waals surface area contributed by atoms with Gasteiger partial charge in [-0.3, -0.25) is 4.98 Å². The minimum absolute atomic E-state index is 0.821. The second-order valence-corrected chi connectivity index (χ2v) is 4.15. The molecule has 0 spiro atoms. The Balaban J connectivity index is 1.90. The van der Waals surface area contributed by atoms with E-state index in [1.807, 2.05) is 18.5 Å². The van der Waals surface area contributed by atoms with Gasteiger partial charge >= 0.3 is 0 Å². The van der Waals surface area contributed by atoms with Gasteiger partial charge < -0.3 is 4.98 Å². The lowest BCUT2D eigenvalue weighted by molar-refractivity contribution is 1.03. The molecule has 1 N–H and O–H groups in total. The zero-order chi connectivity index (χ0) is 12.2. The molecule has 0 aliphatic heterocycles. The van der Waals surface area contributed by atoms with E-state index >= 15 is 0 Å². The average molecular weight is 235 g/mol. The second-order valence-electron chi connectivity index (χ2n) is 4.15. The minimum Gasteiger partial charge on any atom is -0.348 e. The van der Waals surface area contributed by atoms with Crippen LogP contribution in [-0.4, -0.2) is 15.0 Å². The molecule has 0 amide bonds. The second kappa shape index (κ2) is 4.84. The topological polar surface area (TPSA) is 41.6 Å². The van der Waals surface area contributed by atoms with Crippen LogP contribution in [0.2, 0.25) is 0 Å². The van der Waals surface area contributed by atoms with E-state index < -0.39 is 0 Å². The zero-order valence-electron chi connectivity index (χ0n) is 9.88. The fraction of sp³-hybridized carbons (Fsp3) is 0.0667. The first-order chi connectivity index (χ1) is 8.92. The smallest absolute Gasteiger partial charge is 0.110 e. The largest absolute Gasteiger partial charge is 0.348 e. The van der Waals surface area contributed by atoms with Crippen LogP contribution in [0.4, 0.5) is 0 Å². The number of H-pyrrole nitrogens is 1. The van der Waals surface area contributed by atoms with Gasteiger partial charge in [0.15, 0.2) is 0 Å². The summed E-state index contributed by atoms with van der Waals surface area (Å²) >= 11 is 0. The van der Waals surface area contributed by atoms with Gasteiger partial charge in [0.05, 0.1) is 0 Å². The van der Waals surface area contributed by atoms with Crippen LogP contribution in [0.15, 0.2) is 61.2 Å². The van der Waals surface area contributed by atoms with E-state index in [1.54, 1.807) is 12.4 Å². The number of rotatable bonds is 3. The van der Waals surface area contributed by atoms with E-state index in [0.717, 1.165) is 17.8 Å². The molecule has 0 radical (unpaired) electrons. The monoisotopic (exact) mass is 235 g/mol. The van der Waals surface area contributed by atoms with Gasteiger partial charge in [-0.25, -0.2) is 4.98 Å². The first-order valence-corrected chi connectivity index (χ1v) is 5.89. The summed E-state index contributed by atoms with van der Waals surface area (Å²) in [6.07, 6.45) is 8.11. The fourth-order valence-corrected chi connectivity index (χ4v) is 1.98. The van der Waals surface area contributed by atoms with E-state index in [2.05, 4.69) is 45.3 Å². The number of aromatic nitrogens is 3. The van der Waals surface area contributed by atoms with Crippen molar-refractivity contribution in [3.05, 3.63) is 72.6 Å². The SMILES string of the molecule is c1cncc(-c2cccc(Cc3ncc[nH]3)c2)c1. The Morgan fingerprint density at radius 1 is 1.00 bits per heavy atom. The molecule has 0 atom stereocenters. The number of nitrogens with one attached hydrogen (secondary N) is 1. The molecule has 0 saturated carbocycles. The Kier molecular flexibility index (Phi) is 2.88. The molecule has 0 saturated heterocycles. The van der Waals surface area contributed by atoms with Gasteiger partial charge in [-0.1, -0.05) is 30.3 Å². The summed E-state index contributed by atoms with van der Waals surface area (Å²) < 4.78 is 0. The number of hydrogen-bond donors (Lipinski definition) is 1. The quantitative estimate of drug-likeness (QED) is 0.758. The van der Waals surface area contributed by atoms with E-state index in [1.165, 1.54) is 11.1 Å². The standard InChI is InChI=1S/C15H13N3/c1-3-12(10-15-17-7-8-18-15)9-13(4-1)14-5-2-6-16-11-14/h1-9,11H,10H2,(H,17,18). The van der Waals surface area contributed by atoms with Gasteiger partial charge in [-0.2, -0.15) is 0 Å². The van der Waals surface area contributed by atoms with Crippen molar-refractivity contribution in [1.29, 1.82) is 0 Å². The third-order valence-corrected chi connectivity index (χ3v) is 2.85. The third kappa shape index (κ3) is 2.30. The maximum Gasteiger partial charge on any atom is 0.110 e. The summed E-state index contributed by atoms with van der Waals surface area (Å²) in [6, 6.07) is 12.5. The highest BCUT2D eigenvalue weighted by atomic mass is 14.9. The number of pyridine rings is 1. The molecule has 0 fully saturated rings. The van der Waals surface area contributed by atoms with E-state index in [0.29, 0.717) is 0 Å². The van der Waals surface area contributed by atoms with Crippen molar-refractivity contribution in [2.24, 2.45) is 0 Å². The Morgan fingerprint density at radius 2 is 1.94 bits per heavy atom. The predicted molar refractivity (Wildman–Crippen MR) is 71.1 cm³/mol. The van der Waals surface area contributed by atoms with E-state index in [4.69, 9.17) is 0 Å². The highest BCUT2D eigenvalue weighted by molar-refractivity contribution is 5.63. The maximum absolute atomic E-state index is 4.25. The number of imidazole rings is 1. The van der Waals surface area contributed by atoms with Gasteiger partial charge in [0.1, 0.15) is 5.82 Å². The van der Waals surface area contributed by atoms with Crippen molar-refractivity contribution in [1.82, 2.24) is 15.0 Å². The lowest BCUT2D eigenvalue weighted by Gasteiger charge is -2.04. The minimum atomic E-state index is 0.821. The normalized spacial score (nSPS) is 10.4. The summed E-state index contributed by atoms with van der Waals surface area (Å²) in [4.78, 5) is 11.5. The predicted octanol–water partition coefficient (Wildman–Crippen LogP) is 3.06. The molecule has 3 heteroatoms. The Morgan fingerprint density at radius 3 is 2.72 bits per heavy atom. The van der Waals surface area contributed by atoms with Crippen LogP contribution in [0.5, 0.6) is 0 Å². The van der Waals surface area contributed by atoms with Crippen molar-refractivity contribution in [3.8, 4) is 11.1 Å². The molecule has 1 aromatic carbocycles. The molecule has 3 aromatic rings. The van der Waals surface area contributed by atoms with E-state index in [9.17, 15) is 0 Å². The fourth-order valence-electron chi connectivity index (χ4n) is 1.98. The van der Waals surface area contributed by atoms with Gasteiger partial charge in [0.2, 0.25) is 0 Å². The molecule has 18 heavy (non-hydrogen) atoms. The molecular weight excluding hydrogens is 222 g/mol. The highest BCUT2D eigenvalue weighted by Crippen LogP contribution is 2.20. The Bertz CT molecular complexity index is 615. The van der Waals surface area contributed by atoms with Crippen LogP contribution in [0, 0.1) is 0 Å². The molecule has 2 heterocycles. The highest BCUT2D eigenvalue weighted by Gasteiger charge is 2.01. The summed E-state index contributed by atoms with van der Waals surface area (Å²) in [5.74, 6) is 0.985. The Hall–Kier alpha value is -2.42. The van der Waals surface area contributed by atoms with Crippen molar-refractivity contribution in [3.63, 3.8) is 0 Å². The van der Waals surface area contributed by atoms with Crippen molar-refractivity contribution in [2.45, 2.75) is 6.42 Å². The van der Waals surface area contributed by atoms with Gasteiger partial charge in [0, 0.05) is 31.2 Å². The maximum atomic E-state index is 4.25. The van der Waals surface area contributed by atoms with Crippen LogP contribution in [0.3, 0.4) is 0 Å². The first-order valence-electron chi connectivity index (χ1n) is 5.89. The van der Waals surface area contributed by atoms with Crippen molar-refractivity contribution in [2.75, 3.05) is 0 Å². The van der Waals surface area contributed by atoms with Gasteiger partial charge in [0.25, 0.3) is 0 Å². The molecule has 0 aliphatic rings. The van der Waals surface area contributed by atoms with Crippen molar-refractivity contribution >= 4 is 0 Å². The number of nitrogens with zero attached hydrogens (tertiary/aromatic N) is 2. The van der Waals surface area contributed by atoms with Crippen LogP contribution in [-0.2, 0) is 6.42 Å². The summed E-state index contributed by atoms with van der Waals surface area (Å²) in [5.41, 5.74) is 3.57. The van der Waals surface area contributed by atoms with Crippen molar-refractivity contribution < 1.29 is 0 Å². The number of hydrogen-bond acceptors (Lipinski definition) is 2. The molecule has 3 rings (SSSR count). The molecule has 0 aliphatic carbocycles. The molecule has 2 aromatic heterocycles. The van der Waals surface area contributed by atoms with Crippen LogP contribution >= 0.6 is 0 Å². The molecule has 88 valence electrons. The van der Waals surface area contributed by atoms with Crippen LogP contribution < -0.4 is 0 Å². The average Bonchev–Trinajstić information content (AvgIpc) is 2.93. The molecule has 0 unspecified atom stereocenters. The summed E-state index contributed by atoms with van der Waals surface area (Å²) in [6.45, 7) is 0. The Labute approximate surface area is 106 Å². The lowest BCUT2D eigenvalue weighted by Crippen LogP contribution is -1.91.